The molecule has 2 N–H and O–H groups in total. The fraction of sp³-hybridized carbons (Fsp3) is 0.562. The third-order valence-electron chi connectivity index (χ3n) is 9.97. The van der Waals surface area contributed by atoms with Crippen molar-refractivity contribution in [2.45, 2.75) is 75.8 Å². The van der Waals surface area contributed by atoms with Crippen molar-refractivity contribution in [1.29, 1.82) is 0 Å². The minimum atomic E-state index is -4.86. The average molecular weight is 711 g/mol. The van der Waals surface area contributed by atoms with Crippen molar-refractivity contribution in [2.75, 3.05) is 51.0 Å². The number of halogens is 6. The van der Waals surface area contributed by atoms with Crippen LogP contribution >= 0.6 is 11.6 Å². The molecule has 0 radical (unpaired) electrons. The zero-order valence-electron chi connectivity index (χ0n) is 27.0. The van der Waals surface area contributed by atoms with Crippen LogP contribution in [0.3, 0.4) is 0 Å². The number of nitrogens with zero attached hydrogens (tertiary/aromatic N) is 7. The van der Waals surface area contributed by atoms with Gasteiger partial charge >= 0.3 is 12.2 Å². The average Bonchev–Trinajstić information content (AvgIpc) is 3.62. The summed E-state index contributed by atoms with van der Waals surface area (Å²) in [5.41, 5.74) is 4.44. The maximum atomic E-state index is 15.3. The van der Waals surface area contributed by atoms with E-state index < -0.39 is 46.6 Å². The molecule has 17 heteroatoms. The zero-order chi connectivity index (χ0) is 34.8. The van der Waals surface area contributed by atoms with Crippen molar-refractivity contribution in [3.8, 4) is 6.01 Å². The summed E-state index contributed by atoms with van der Waals surface area (Å²) in [6, 6.07) is 1.60. The summed E-state index contributed by atoms with van der Waals surface area (Å²) < 4.78 is 85.9. The SMILES string of the molecule is CN(C)C(=O)c1nn2c(c1Cl)CN(c1nc(OC[C@@]34CCCN3C[C@H](F)C4)nc3c1CO[C@H](c1c(C(F)(F)F)ccc(N)c1F)C3)CCC2. The van der Waals surface area contributed by atoms with Gasteiger partial charge in [-0.25, -0.2) is 8.78 Å². The van der Waals surface area contributed by atoms with E-state index in [2.05, 4.69) is 15.0 Å². The topological polar surface area (TPSA) is 115 Å². The number of fused-ring (bicyclic) bond motifs is 3. The molecular formula is C32H36ClF5N8O3. The Kier molecular flexibility index (Phi) is 8.63. The molecule has 4 aliphatic heterocycles. The number of anilines is 2. The lowest BCUT2D eigenvalue weighted by molar-refractivity contribution is -0.140. The molecule has 264 valence electrons. The summed E-state index contributed by atoms with van der Waals surface area (Å²) in [5.74, 6) is -1.14. The van der Waals surface area contributed by atoms with Crippen LogP contribution in [0.4, 0.5) is 33.5 Å². The van der Waals surface area contributed by atoms with E-state index in [4.69, 9.17) is 31.8 Å². The normalized spacial score (nSPS) is 24.0. The number of benzene rings is 1. The number of alkyl halides is 4. The van der Waals surface area contributed by atoms with E-state index in [-0.39, 0.29) is 48.8 Å². The lowest BCUT2D eigenvalue weighted by Crippen LogP contribution is -2.43. The van der Waals surface area contributed by atoms with Gasteiger partial charge in [-0.3, -0.25) is 14.4 Å². The smallest absolute Gasteiger partial charge is 0.416 e. The van der Waals surface area contributed by atoms with Gasteiger partial charge in [0, 0.05) is 57.7 Å². The molecule has 2 fully saturated rings. The number of aryl methyl sites for hydroxylation is 1. The van der Waals surface area contributed by atoms with Crippen LogP contribution in [0.25, 0.3) is 0 Å². The number of amides is 1. The summed E-state index contributed by atoms with van der Waals surface area (Å²) in [6.07, 6.45) is -4.85. The highest BCUT2D eigenvalue weighted by Gasteiger charge is 2.49. The number of carbonyl (C=O) groups is 1. The third-order valence-corrected chi connectivity index (χ3v) is 10.4. The second-order valence-electron chi connectivity index (χ2n) is 13.4. The highest BCUT2D eigenvalue weighted by atomic mass is 35.5. The molecular weight excluding hydrogens is 675 g/mol. The molecule has 1 aromatic carbocycles. The van der Waals surface area contributed by atoms with Crippen molar-refractivity contribution in [1.82, 2.24) is 29.5 Å². The Morgan fingerprint density at radius 3 is 2.76 bits per heavy atom. The lowest BCUT2D eigenvalue weighted by Gasteiger charge is -2.33. The standard InChI is InChI=1S/C32H36ClF5N8O3/c1-43(2)29(47)27-25(33)22-14-44(8-4-10-46(22)42-27)28-18-15-48-23(24-19(32(36,37)38)5-6-20(39)26(24)35)11-21(18)40-30(41-28)49-16-31-7-3-9-45(31)13-17(34)12-31/h5-6,17,23H,3-4,7-16,39H2,1-2H3/t17-,23+,31+/m1/s1. The van der Waals surface area contributed by atoms with Crippen molar-refractivity contribution in [2.24, 2.45) is 0 Å². The van der Waals surface area contributed by atoms with Crippen LogP contribution in [-0.4, -0.2) is 87.5 Å². The Labute approximate surface area is 284 Å². The van der Waals surface area contributed by atoms with Gasteiger partial charge in [-0.05, 0) is 37.9 Å². The van der Waals surface area contributed by atoms with Gasteiger partial charge in [0.2, 0.25) is 0 Å². The number of aromatic nitrogens is 4. The molecule has 0 spiro atoms. The highest BCUT2D eigenvalue weighted by molar-refractivity contribution is 6.34. The van der Waals surface area contributed by atoms with Crippen LogP contribution < -0.4 is 15.4 Å². The van der Waals surface area contributed by atoms with E-state index in [9.17, 15) is 22.4 Å². The number of ether oxygens (including phenoxy) is 2. The molecule has 2 saturated heterocycles. The molecule has 6 heterocycles. The number of hydrogen-bond donors (Lipinski definition) is 1. The maximum Gasteiger partial charge on any atom is 0.416 e. The van der Waals surface area contributed by atoms with E-state index in [1.54, 1.807) is 18.8 Å². The molecule has 0 aliphatic carbocycles. The molecule has 2 aromatic heterocycles. The molecule has 3 aromatic rings. The van der Waals surface area contributed by atoms with Crippen LogP contribution in [0.2, 0.25) is 5.02 Å². The van der Waals surface area contributed by atoms with E-state index in [0.717, 1.165) is 31.5 Å². The van der Waals surface area contributed by atoms with Gasteiger partial charge in [0.05, 0.1) is 52.5 Å². The van der Waals surface area contributed by atoms with Gasteiger partial charge in [0.15, 0.2) is 11.5 Å². The Morgan fingerprint density at radius 1 is 1.20 bits per heavy atom. The predicted molar refractivity (Wildman–Crippen MR) is 169 cm³/mol. The van der Waals surface area contributed by atoms with Gasteiger partial charge in [-0.1, -0.05) is 11.6 Å². The molecule has 0 saturated carbocycles. The second-order valence-corrected chi connectivity index (χ2v) is 13.7. The molecule has 0 unspecified atom stereocenters. The van der Waals surface area contributed by atoms with Crippen molar-refractivity contribution in [3.05, 3.63) is 56.7 Å². The first-order chi connectivity index (χ1) is 23.3. The molecule has 0 bridgehead atoms. The summed E-state index contributed by atoms with van der Waals surface area (Å²) in [7, 11) is 3.21. The Balaban J connectivity index is 1.27. The minimum Gasteiger partial charge on any atom is -0.461 e. The monoisotopic (exact) mass is 710 g/mol. The molecule has 3 atom stereocenters. The van der Waals surface area contributed by atoms with E-state index in [1.165, 1.54) is 4.90 Å². The number of carbonyl (C=O) groups excluding carboxylic acids is 1. The van der Waals surface area contributed by atoms with E-state index in [0.29, 0.717) is 55.2 Å². The van der Waals surface area contributed by atoms with Crippen LogP contribution in [0.15, 0.2) is 12.1 Å². The number of hydrogen-bond acceptors (Lipinski definition) is 9. The minimum absolute atomic E-state index is 0.0330. The van der Waals surface area contributed by atoms with E-state index >= 15 is 4.39 Å². The van der Waals surface area contributed by atoms with Gasteiger partial charge in [0.25, 0.3) is 5.91 Å². The first kappa shape index (κ1) is 33.7. The van der Waals surface area contributed by atoms with Gasteiger partial charge in [-0.2, -0.15) is 28.2 Å². The summed E-state index contributed by atoms with van der Waals surface area (Å²) in [4.78, 5) is 27.6. The Morgan fingerprint density at radius 2 is 2.00 bits per heavy atom. The van der Waals surface area contributed by atoms with Crippen LogP contribution in [0.1, 0.15) is 70.4 Å². The van der Waals surface area contributed by atoms with Crippen LogP contribution in [-0.2, 0) is 37.0 Å². The van der Waals surface area contributed by atoms with Gasteiger partial charge in [-0.15, -0.1) is 0 Å². The highest BCUT2D eigenvalue weighted by Crippen LogP contribution is 2.44. The molecule has 1 amide bonds. The first-order valence-electron chi connectivity index (χ1n) is 16.2. The third kappa shape index (κ3) is 6.05. The first-order valence-corrected chi connectivity index (χ1v) is 16.5. The Bertz CT molecular complexity index is 1790. The van der Waals surface area contributed by atoms with Crippen molar-refractivity contribution < 1.29 is 36.2 Å². The van der Waals surface area contributed by atoms with Crippen molar-refractivity contribution >= 4 is 29.0 Å². The predicted octanol–water partition coefficient (Wildman–Crippen LogP) is 4.95. The largest absolute Gasteiger partial charge is 0.461 e. The maximum absolute atomic E-state index is 15.3. The fourth-order valence-corrected chi connectivity index (χ4v) is 7.85. The van der Waals surface area contributed by atoms with Crippen LogP contribution in [0, 0.1) is 5.82 Å². The fourth-order valence-electron chi connectivity index (χ4n) is 7.57. The number of nitrogen functional groups attached to an aromatic ring is 1. The summed E-state index contributed by atoms with van der Waals surface area (Å²) in [6.45, 7) is 2.13. The van der Waals surface area contributed by atoms with Gasteiger partial charge < -0.3 is 25.0 Å². The molecule has 49 heavy (non-hydrogen) atoms. The molecule has 11 nitrogen and oxygen atoms in total. The number of rotatable bonds is 6. The molecule has 4 aliphatic rings. The molecule has 7 rings (SSSR count). The summed E-state index contributed by atoms with van der Waals surface area (Å²) >= 11 is 6.72. The second kappa shape index (κ2) is 12.5. The van der Waals surface area contributed by atoms with E-state index in [1.807, 2.05) is 4.90 Å². The summed E-state index contributed by atoms with van der Waals surface area (Å²) in [5, 5.41) is 4.68. The zero-order valence-corrected chi connectivity index (χ0v) is 27.8. The number of nitrogens with two attached hydrogens (primary N) is 1. The Hall–Kier alpha value is -3.76. The van der Waals surface area contributed by atoms with Crippen molar-refractivity contribution in [3.63, 3.8) is 0 Å². The van der Waals surface area contributed by atoms with Crippen LogP contribution in [0.5, 0.6) is 6.01 Å². The lowest BCUT2D eigenvalue weighted by atomic mass is 9.94. The quantitative estimate of drug-likeness (QED) is 0.281. The van der Waals surface area contributed by atoms with Gasteiger partial charge in [0.1, 0.15) is 18.6 Å².